The monoisotopic (exact) mass is 674 g/mol. The van der Waals surface area contributed by atoms with E-state index in [2.05, 4.69) is 73.3 Å². The standard InChI is InChI=1S/C34H36Cl2N8O3/c1-2-3-33-38-23-40-44(33)28-7-5-26(6-8-28)41-14-16-42(17-15-41)27-9-11-29(12-10-27)45-19-30-20-46-34(47-30,21-43-24-37-22-39-43)31-13-4-25(35)18-32(31)36/h4-13,18,22-24,30H,2-3,14-17,19-21H2,1H3. The molecule has 7 rings (SSSR count). The molecule has 0 bridgehead atoms. The Balaban J connectivity index is 0.926. The van der Waals surface area contributed by atoms with E-state index in [9.17, 15) is 0 Å². The van der Waals surface area contributed by atoms with Crippen molar-refractivity contribution in [1.82, 2.24) is 29.5 Å². The van der Waals surface area contributed by atoms with E-state index in [1.165, 1.54) is 17.7 Å². The van der Waals surface area contributed by atoms with Gasteiger partial charge in [-0.25, -0.2) is 19.3 Å². The third-order valence-corrected chi connectivity index (χ3v) is 9.05. The first-order chi connectivity index (χ1) is 23.0. The lowest BCUT2D eigenvalue weighted by atomic mass is 10.1. The maximum atomic E-state index is 6.58. The second-order valence-corrected chi connectivity index (χ2v) is 12.5. The summed E-state index contributed by atoms with van der Waals surface area (Å²) in [4.78, 5) is 13.3. The van der Waals surface area contributed by atoms with Crippen molar-refractivity contribution >= 4 is 34.6 Å². The Morgan fingerprint density at radius 1 is 0.872 bits per heavy atom. The van der Waals surface area contributed by atoms with E-state index in [0.29, 0.717) is 28.8 Å². The van der Waals surface area contributed by atoms with Crippen LogP contribution in [0.1, 0.15) is 24.7 Å². The summed E-state index contributed by atoms with van der Waals surface area (Å²) in [5.74, 6) is 0.614. The number of halogens is 2. The zero-order valence-electron chi connectivity index (χ0n) is 26.1. The minimum absolute atomic E-state index is 0.279. The van der Waals surface area contributed by atoms with Crippen molar-refractivity contribution in [2.45, 2.75) is 38.2 Å². The van der Waals surface area contributed by atoms with Crippen LogP contribution in [-0.4, -0.2) is 75.0 Å². The lowest BCUT2D eigenvalue weighted by molar-refractivity contribution is -0.190. The number of anilines is 2. The molecule has 0 spiro atoms. The molecule has 13 heteroatoms. The molecule has 0 saturated carbocycles. The van der Waals surface area contributed by atoms with Gasteiger partial charge in [0, 0.05) is 54.6 Å². The topological polar surface area (TPSA) is 95.6 Å². The van der Waals surface area contributed by atoms with Gasteiger partial charge < -0.3 is 24.0 Å². The molecule has 0 radical (unpaired) electrons. The molecule has 2 unspecified atom stereocenters. The number of ether oxygens (including phenoxy) is 3. The van der Waals surface area contributed by atoms with Crippen LogP contribution in [0, 0.1) is 0 Å². The summed E-state index contributed by atoms with van der Waals surface area (Å²) in [6.07, 6.45) is 6.35. The normalized spacial score (nSPS) is 19.8. The Bertz CT molecular complexity index is 1760. The van der Waals surface area contributed by atoms with Gasteiger partial charge in [-0.2, -0.15) is 10.2 Å². The molecule has 4 heterocycles. The molecule has 0 N–H and O–H groups in total. The molecule has 11 nitrogen and oxygen atoms in total. The molecule has 2 atom stereocenters. The van der Waals surface area contributed by atoms with Crippen LogP contribution in [0.25, 0.3) is 5.69 Å². The second-order valence-electron chi connectivity index (χ2n) is 11.7. The number of rotatable bonds is 11. The number of aryl methyl sites for hydroxylation is 1. The maximum Gasteiger partial charge on any atom is 0.217 e. The van der Waals surface area contributed by atoms with Gasteiger partial charge in [0.25, 0.3) is 0 Å². The van der Waals surface area contributed by atoms with E-state index in [0.717, 1.165) is 56.3 Å². The number of aromatic nitrogens is 6. The van der Waals surface area contributed by atoms with Crippen molar-refractivity contribution in [3.8, 4) is 11.4 Å². The molecule has 47 heavy (non-hydrogen) atoms. The molecule has 244 valence electrons. The van der Waals surface area contributed by atoms with Crippen LogP contribution < -0.4 is 14.5 Å². The van der Waals surface area contributed by atoms with Gasteiger partial charge in [-0.15, -0.1) is 0 Å². The molecule has 2 saturated heterocycles. The van der Waals surface area contributed by atoms with Crippen LogP contribution in [0.3, 0.4) is 0 Å². The molecular weight excluding hydrogens is 639 g/mol. The first kappa shape index (κ1) is 31.4. The highest BCUT2D eigenvalue weighted by atomic mass is 35.5. The third kappa shape index (κ3) is 6.94. The number of benzene rings is 3. The predicted molar refractivity (Wildman–Crippen MR) is 181 cm³/mol. The smallest absolute Gasteiger partial charge is 0.217 e. The predicted octanol–water partition coefficient (Wildman–Crippen LogP) is 5.79. The Kier molecular flexibility index (Phi) is 9.30. The zero-order valence-corrected chi connectivity index (χ0v) is 27.6. The van der Waals surface area contributed by atoms with Crippen molar-refractivity contribution in [2.75, 3.05) is 49.2 Å². The lowest BCUT2D eigenvalue weighted by Gasteiger charge is -2.37. The lowest BCUT2D eigenvalue weighted by Crippen LogP contribution is -2.46. The summed E-state index contributed by atoms with van der Waals surface area (Å²) in [5, 5.41) is 9.64. The molecule has 3 aromatic carbocycles. The zero-order chi connectivity index (χ0) is 32.2. The molecule has 2 fully saturated rings. The van der Waals surface area contributed by atoms with E-state index in [4.69, 9.17) is 37.4 Å². The van der Waals surface area contributed by atoms with Crippen LogP contribution >= 0.6 is 23.2 Å². The molecule has 2 aromatic heterocycles. The number of nitrogens with zero attached hydrogens (tertiary/aromatic N) is 8. The fourth-order valence-corrected chi connectivity index (χ4v) is 6.68. The van der Waals surface area contributed by atoms with Crippen molar-refractivity contribution in [3.05, 3.63) is 107 Å². The summed E-state index contributed by atoms with van der Waals surface area (Å²) in [6.45, 7) is 6.82. The van der Waals surface area contributed by atoms with Gasteiger partial charge in [0.15, 0.2) is 0 Å². The van der Waals surface area contributed by atoms with Gasteiger partial charge in [0.2, 0.25) is 5.79 Å². The second kappa shape index (κ2) is 13.9. The van der Waals surface area contributed by atoms with E-state index in [1.54, 1.807) is 29.5 Å². The van der Waals surface area contributed by atoms with Crippen molar-refractivity contribution in [1.29, 1.82) is 0 Å². The Morgan fingerprint density at radius 3 is 2.23 bits per heavy atom. The van der Waals surface area contributed by atoms with Gasteiger partial charge in [-0.3, -0.25) is 0 Å². The molecule has 0 aliphatic carbocycles. The average molecular weight is 676 g/mol. The Morgan fingerprint density at radius 2 is 1.57 bits per heavy atom. The van der Waals surface area contributed by atoms with Crippen LogP contribution in [0.4, 0.5) is 11.4 Å². The minimum atomic E-state index is -1.15. The highest BCUT2D eigenvalue weighted by molar-refractivity contribution is 6.35. The highest BCUT2D eigenvalue weighted by Gasteiger charge is 2.45. The molecule has 2 aliphatic rings. The van der Waals surface area contributed by atoms with Crippen LogP contribution in [0.15, 0.2) is 85.7 Å². The summed E-state index contributed by atoms with van der Waals surface area (Å²) in [5.41, 5.74) is 4.11. The molecular formula is C34H36Cl2N8O3. The molecule has 0 amide bonds. The van der Waals surface area contributed by atoms with E-state index in [-0.39, 0.29) is 12.6 Å². The number of piperazine rings is 1. The van der Waals surface area contributed by atoms with E-state index < -0.39 is 5.79 Å². The third-order valence-electron chi connectivity index (χ3n) is 8.51. The van der Waals surface area contributed by atoms with Crippen molar-refractivity contribution in [2.24, 2.45) is 0 Å². The largest absolute Gasteiger partial charge is 0.491 e. The Hall–Kier alpha value is -4.16. The first-order valence-electron chi connectivity index (χ1n) is 15.8. The van der Waals surface area contributed by atoms with Gasteiger partial charge >= 0.3 is 0 Å². The fourth-order valence-electron chi connectivity index (χ4n) is 6.13. The minimum Gasteiger partial charge on any atom is -0.491 e. The fraction of sp³-hybridized carbons (Fsp3) is 0.353. The SMILES string of the molecule is CCCc1ncnn1-c1ccc(N2CCN(c3ccc(OCC4COC(Cn5cncn5)(c5ccc(Cl)cc5Cl)O4)cc3)CC2)cc1. The van der Waals surface area contributed by atoms with Crippen LogP contribution in [0.5, 0.6) is 5.75 Å². The van der Waals surface area contributed by atoms with Gasteiger partial charge in [-0.1, -0.05) is 36.2 Å². The van der Waals surface area contributed by atoms with Crippen LogP contribution in [0.2, 0.25) is 10.0 Å². The summed E-state index contributed by atoms with van der Waals surface area (Å²) in [6, 6.07) is 22.1. The van der Waals surface area contributed by atoms with E-state index in [1.807, 2.05) is 22.9 Å². The summed E-state index contributed by atoms with van der Waals surface area (Å²) < 4.78 is 22.5. The van der Waals surface area contributed by atoms with Crippen molar-refractivity contribution in [3.63, 3.8) is 0 Å². The van der Waals surface area contributed by atoms with E-state index >= 15 is 0 Å². The first-order valence-corrected chi connectivity index (χ1v) is 16.6. The highest BCUT2D eigenvalue weighted by Crippen LogP contribution is 2.40. The number of hydrogen-bond donors (Lipinski definition) is 0. The van der Waals surface area contributed by atoms with Gasteiger partial charge in [-0.05, 0) is 67.1 Å². The summed E-state index contributed by atoms with van der Waals surface area (Å²) in [7, 11) is 0. The van der Waals surface area contributed by atoms with Crippen molar-refractivity contribution < 1.29 is 14.2 Å². The Labute approximate surface area is 283 Å². The average Bonchev–Trinajstić information content (AvgIpc) is 3.87. The maximum absolute atomic E-state index is 6.58. The van der Waals surface area contributed by atoms with Crippen LogP contribution in [-0.2, 0) is 28.2 Å². The quantitative estimate of drug-likeness (QED) is 0.172. The number of hydrogen-bond acceptors (Lipinski definition) is 9. The van der Waals surface area contributed by atoms with Gasteiger partial charge in [0.05, 0.1) is 17.3 Å². The summed E-state index contributed by atoms with van der Waals surface area (Å²) >= 11 is 12.7. The molecule has 5 aromatic rings. The van der Waals surface area contributed by atoms with Gasteiger partial charge in [0.1, 0.15) is 49.8 Å². The molecule has 2 aliphatic heterocycles.